The predicted octanol–water partition coefficient (Wildman–Crippen LogP) is 1.59. The number of nitrogens with one attached hydrogen (secondary N) is 2. The molecular weight excluding hydrogens is 360 g/mol. The number of carbonyl (C=O) groups is 1. The van der Waals surface area contributed by atoms with Crippen molar-refractivity contribution in [2.75, 3.05) is 18.8 Å². The summed E-state index contributed by atoms with van der Waals surface area (Å²) < 4.78 is 24.5. The molecule has 0 saturated carbocycles. The van der Waals surface area contributed by atoms with Crippen LogP contribution in [-0.2, 0) is 27.7 Å². The molecule has 1 amide bonds. The molecule has 146 valence electrons. The zero-order valence-electron chi connectivity index (χ0n) is 16.1. The van der Waals surface area contributed by atoms with E-state index in [2.05, 4.69) is 25.2 Å². The van der Waals surface area contributed by atoms with Crippen molar-refractivity contribution in [3.63, 3.8) is 0 Å². The number of carbonyl (C=O) groups excluding carboxylic acids is 1. The Kier molecular flexibility index (Phi) is 8.00. The molecule has 0 aliphatic heterocycles. The minimum atomic E-state index is -3.43. The summed E-state index contributed by atoms with van der Waals surface area (Å²) in [5.74, 6) is -0.437. The Morgan fingerprint density at radius 1 is 0.926 bits per heavy atom. The van der Waals surface area contributed by atoms with Gasteiger partial charge in [-0.15, -0.1) is 0 Å². The van der Waals surface area contributed by atoms with E-state index in [1.165, 1.54) is 10.5 Å². The van der Waals surface area contributed by atoms with Gasteiger partial charge in [0, 0.05) is 18.5 Å². The molecule has 0 atom stereocenters. The Balaban J connectivity index is 1.91. The van der Waals surface area contributed by atoms with E-state index in [9.17, 15) is 13.2 Å². The average Bonchev–Trinajstić information content (AvgIpc) is 2.70. The maximum Gasteiger partial charge on any atom is 0.221 e. The van der Waals surface area contributed by atoms with Gasteiger partial charge >= 0.3 is 0 Å². The largest absolute Gasteiger partial charge is 0.352 e. The summed E-state index contributed by atoms with van der Waals surface area (Å²) in [6.45, 7) is 7.76. The van der Waals surface area contributed by atoms with Crippen molar-refractivity contribution in [1.82, 2.24) is 5.32 Å². The second kappa shape index (κ2) is 10.2. The monoisotopic (exact) mass is 389 g/mol. The first-order chi connectivity index (χ1) is 13.0. The number of hydrogen-bond donors (Lipinski definition) is 2. The van der Waals surface area contributed by atoms with Crippen LogP contribution in [0.25, 0.3) is 0 Å². The lowest BCUT2D eigenvalue weighted by Gasteiger charge is -2.18. The summed E-state index contributed by atoms with van der Waals surface area (Å²) in [6, 6.07) is 16.3. The van der Waals surface area contributed by atoms with Gasteiger partial charge in [0.1, 0.15) is 6.54 Å². The van der Waals surface area contributed by atoms with Crippen LogP contribution in [0.5, 0.6) is 0 Å². The Labute approximate surface area is 162 Å². The fraction of sp³-hybridized carbons (Fsp3) is 0.381. The highest BCUT2D eigenvalue weighted by molar-refractivity contribution is 7.91. The van der Waals surface area contributed by atoms with E-state index in [0.29, 0.717) is 6.54 Å². The first-order valence-corrected chi connectivity index (χ1v) is 11.1. The van der Waals surface area contributed by atoms with Crippen LogP contribution in [0.4, 0.5) is 0 Å². The third-order valence-corrected chi connectivity index (χ3v) is 6.47. The van der Waals surface area contributed by atoms with Crippen LogP contribution < -0.4 is 10.2 Å². The van der Waals surface area contributed by atoms with Crippen molar-refractivity contribution in [3.8, 4) is 0 Å². The van der Waals surface area contributed by atoms with Crippen LogP contribution in [-0.4, -0.2) is 33.2 Å². The van der Waals surface area contributed by atoms with Gasteiger partial charge in [-0.1, -0.05) is 42.5 Å². The molecule has 6 heteroatoms. The quantitative estimate of drug-likeness (QED) is 0.648. The summed E-state index contributed by atoms with van der Waals surface area (Å²) >= 11 is 0. The average molecular weight is 390 g/mol. The molecule has 5 nitrogen and oxygen atoms in total. The summed E-state index contributed by atoms with van der Waals surface area (Å²) in [4.78, 5) is 13.9. The number of sulfone groups is 1. The van der Waals surface area contributed by atoms with Crippen molar-refractivity contribution in [2.45, 2.75) is 38.3 Å². The molecular formula is C21H29N2O3S+. The van der Waals surface area contributed by atoms with E-state index in [-0.39, 0.29) is 23.0 Å². The smallest absolute Gasteiger partial charge is 0.221 e. The van der Waals surface area contributed by atoms with Crippen LogP contribution >= 0.6 is 0 Å². The number of amides is 1. The number of rotatable bonds is 10. The second-order valence-electron chi connectivity index (χ2n) is 6.56. The number of hydrogen-bond acceptors (Lipinski definition) is 3. The predicted molar refractivity (Wildman–Crippen MR) is 107 cm³/mol. The zero-order valence-corrected chi connectivity index (χ0v) is 16.9. The maximum atomic E-state index is 12.3. The topological polar surface area (TPSA) is 67.7 Å². The molecule has 0 aliphatic rings. The van der Waals surface area contributed by atoms with E-state index < -0.39 is 9.84 Å². The van der Waals surface area contributed by atoms with E-state index in [1.807, 2.05) is 18.2 Å². The maximum absolute atomic E-state index is 12.3. The molecule has 0 fully saturated rings. The van der Waals surface area contributed by atoms with Gasteiger partial charge < -0.3 is 10.2 Å². The summed E-state index contributed by atoms with van der Waals surface area (Å²) in [5, 5.41) is 2.86. The molecule has 2 aromatic carbocycles. The van der Waals surface area contributed by atoms with Gasteiger partial charge in [-0.25, -0.2) is 8.42 Å². The summed E-state index contributed by atoms with van der Waals surface area (Å²) in [5.41, 5.74) is 2.30. The van der Waals surface area contributed by atoms with Gasteiger partial charge in [0.2, 0.25) is 5.91 Å². The third kappa shape index (κ3) is 6.48. The Morgan fingerprint density at radius 2 is 1.52 bits per heavy atom. The Morgan fingerprint density at radius 3 is 2.15 bits per heavy atom. The zero-order chi connectivity index (χ0) is 19.7. The van der Waals surface area contributed by atoms with Gasteiger partial charge in [0.05, 0.1) is 23.7 Å². The molecule has 2 N–H and O–H groups in total. The first kappa shape index (κ1) is 21.1. The fourth-order valence-corrected chi connectivity index (χ4v) is 4.19. The van der Waals surface area contributed by atoms with Gasteiger partial charge in [-0.3, -0.25) is 4.79 Å². The molecule has 0 bridgehead atoms. The lowest BCUT2D eigenvalue weighted by molar-refractivity contribution is -0.910. The lowest BCUT2D eigenvalue weighted by Crippen LogP contribution is -3.10. The van der Waals surface area contributed by atoms with Crippen molar-refractivity contribution < 1.29 is 18.1 Å². The fourth-order valence-electron chi connectivity index (χ4n) is 2.93. The van der Waals surface area contributed by atoms with Gasteiger partial charge in [-0.05, 0) is 31.5 Å². The van der Waals surface area contributed by atoms with Gasteiger partial charge in [0.15, 0.2) is 9.84 Å². The van der Waals surface area contributed by atoms with Crippen molar-refractivity contribution in [2.24, 2.45) is 0 Å². The highest BCUT2D eigenvalue weighted by Gasteiger charge is 2.16. The van der Waals surface area contributed by atoms with Gasteiger partial charge in [0.25, 0.3) is 0 Å². The molecule has 0 aliphatic carbocycles. The molecule has 0 saturated heterocycles. The molecule has 0 heterocycles. The summed E-state index contributed by atoms with van der Waals surface area (Å²) in [7, 11) is -3.43. The minimum Gasteiger partial charge on any atom is -0.352 e. The van der Waals surface area contributed by atoms with E-state index in [1.54, 1.807) is 30.3 Å². The van der Waals surface area contributed by atoms with Crippen LogP contribution in [0.15, 0.2) is 59.5 Å². The normalized spacial score (nSPS) is 11.5. The van der Waals surface area contributed by atoms with E-state index >= 15 is 0 Å². The second-order valence-corrected chi connectivity index (χ2v) is 8.67. The molecule has 0 spiro atoms. The van der Waals surface area contributed by atoms with Crippen molar-refractivity contribution >= 4 is 15.7 Å². The highest BCUT2D eigenvalue weighted by Crippen LogP contribution is 2.11. The summed E-state index contributed by atoms with van der Waals surface area (Å²) in [6.07, 6.45) is -0.0410. The molecule has 27 heavy (non-hydrogen) atoms. The molecule has 0 unspecified atom stereocenters. The standard InChI is InChI=1S/C21H28N2O3S/c1-3-23(4-2)17-19-11-9-8-10-18(19)16-22-21(24)14-15-27(25,26)20-12-6-5-7-13-20/h5-13H,3-4,14-17H2,1-2H3,(H,22,24)/p+1. The Hall–Kier alpha value is -2.18. The van der Waals surface area contributed by atoms with Gasteiger partial charge in [-0.2, -0.15) is 0 Å². The molecule has 0 aromatic heterocycles. The van der Waals surface area contributed by atoms with Crippen LogP contribution in [0.2, 0.25) is 0 Å². The number of quaternary nitrogens is 1. The third-order valence-electron chi connectivity index (χ3n) is 4.74. The first-order valence-electron chi connectivity index (χ1n) is 9.41. The highest BCUT2D eigenvalue weighted by atomic mass is 32.2. The van der Waals surface area contributed by atoms with Crippen LogP contribution in [0, 0.1) is 0 Å². The minimum absolute atomic E-state index is 0.0410. The molecule has 0 radical (unpaired) electrons. The van der Waals surface area contributed by atoms with E-state index in [0.717, 1.165) is 25.2 Å². The van der Waals surface area contributed by atoms with Crippen molar-refractivity contribution in [1.29, 1.82) is 0 Å². The molecule has 2 rings (SSSR count). The molecule has 2 aromatic rings. The Bertz CT molecular complexity index is 832. The van der Waals surface area contributed by atoms with Crippen LogP contribution in [0.3, 0.4) is 0 Å². The lowest BCUT2D eigenvalue weighted by atomic mass is 10.1. The van der Waals surface area contributed by atoms with Crippen LogP contribution in [0.1, 0.15) is 31.4 Å². The van der Waals surface area contributed by atoms with Crippen molar-refractivity contribution in [3.05, 3.63) is 65.7 Å². The SMILES string of the molecule is CC[NH+](CC)Cc1ccccc1CNC(=O)CCS(=O)(=O)c1ccccc1. The van der Waals surface area contributed by atoms with E-state index in [4.69, 9.17) is 0 Å². The number of benzene rings is 2.